The van der Waals surface area contributed by atoms with E-state index in [1.54, 1.807) is 18.2 Å². The molecule has 0 saturated carbocycles. The van der Waals surface area contributed by atoms with E-state index in [-0.39, 0.29) is 57.5 Å². The highest BCUT2D eigenvalue weighted by molar-refractivity contribution is 5.88. The van der Waals surface area contributed by atoms with Gasteiger partial charge in [0.15, 0.2) is 0 Å². The highest BCUT2D eigenvalue weighted by atomic mass is 16.6. The molecule has 0 radical (unpaired) electrons. The third kappa shape index (κ3) is 40.7. The summed E-state index contributed by atoms with van der Waals surface area (Å²) in [5.41, 5.74) is 1.09. The summed E-state index contributed by atoms with van der Waals surface area (Å²) < 4.78 is 47.8. The summed E-state index contributed by atoms with van der Waals surface area (Å²) in [4.78, 5) is 70.8. The number of esters is 6. The van der Waals surface area contributed by atoms with Gasteiger partial charge in [0, 0.05) is 18.2 Å². The van der Waals surface area contributed by atoms with Crippen LogP contribution in [-0.2, 0) is 57.2 Å². The lowest BCUT2D eigenvalue weighted by Gasteiger charge is -2.20. The Labute approximate surface area is 541 Å². The maximum Gasteiger partial charge on any atom is 0.330 e. The molecule has 0 atom stereocenters. The van der Waals surface area contributed by atoms with E-state index in [0.717, 1.165) is 73.0 Å². The second-order valence-electron chi connectivity index (χ2n) is 24.2. The Bertz CT molecular complexity index is 2490. The Morgan fingerprint density at radius 2 is 0.500 bits per heavy atom. The monoisotopic (exact) mass is 1250 g/mol. The molecule has 3 aromatic carbocycles. The van der Waals surface area contributed by atoms with Crippen LogP contribution < -0.4 is 14.2 Å². The van der Waals surface area contributed by atoms with E-state index < -0.39 is 34.2 Å². The van der Waals surface area contributed by atoms with Crippen LogP contribution in [0.4, 0.5) is 0 Å². The van der Waals surface area contributed by atoms with Crippen molar-refractivity contribution in [3.05, 3.63) is 108 Å². The van der Waals surface area contributed by atoms with Crippen LogP contribution in [0.3, 0.4) is 0 Å². The molecule has 0 aliphatic rings. The maximum atomic E-state index is 11.8. The van der Waals surface area contributed by atoms with E-state index in [9.17, 15) is 28.8 Å². The van der Waals surface area contributed by atoms with Gasteiger partial charge in [-0.25, -0.2) is 14.4 Å². The molecule has 0 aliphatic carbocycles. The molecular weight excluding hydrogens is 1140 g/mol. The maximum absolute atomic E-state index is 11.8. The van der Waals surface area contributed by atoms with Gasteiger partial charge in [0.25, 0.3) is 0 Å². The fraction of sp³-hybridized carbons (Fsp3) is 0.600. The largest absolute Gasteiger partial charge is 0.494 e. The van der Waals surface area contributed by atoms with Crippen molar-refractivity contribution in [3.63, 3.8) is 0 Å². The van der Waals surface area contributed by atoms with E-state index in [2.05, 4.69) is 20.8 Å². The SMILES string of the molecule is CCCCCCCCCOc1ccc(/C=C/C(=O)OCCOC(=O)C(C)(C)CC)cc1.CCCCCCCCOc1ccc(/C=C/C(=O)OCCOC(=O)C(C)(C)CC)cc1.CCCCCCCOc1ccc(/C=C/C(=O)OCCOC(=O)C(C)(C)CC)cc1. The standard InChI is InChI=1S/C26H40O5.C25H38O5.C24H36O5/c1-5-7-8-9-10-11-12-19-29-23-16-13-22(14-17-23)15-18-24(27)30-20-21-31-25(28)26(3,4)6-2;1-5-7-8-9-10-11-18-28-22-15-12-21(13-16-22)14-17-23(26)29-19-20-30-24(27)25(3,4)6-2;1-5-7-8-9-10-17-27-21-14-11-20(12-15-21)13-16-22(25)28-18-19-29-23(26)24(3,4)6-2/h13-18H,5-12,19-21H2,1-4H3;12-17H,5-11,18-20H2,1-4H3;11-16H,5-10,17-19H2,1-4H3/b18-15+;17-14+;16-13+. The van der Waals surface area contributed by atoms with Crippen LogP contribution in [0.1, 0.15) is 235 Å². The Morgan fingerprint density at radius 1 is 0.289 bits per heavy atom. The van der Waals surface area contributed by atoms with Gasteiger partial charge < -0.3 is 42.6 Å². The van der Waals surface area contributed by atoms with Gasteiger partial charge in [-0.2, -0.15) is 0 Å². The first-order valence-electron chi connectivity index (χ1n) is 33.4. The lowest BCUT2D eigenvalue weighted by atomic mass is 9.91. The highest BCUT2D eigenvalue weighted by Crippen LogP contribution is 2.24. The number of rotatable bonds is 45. The summed E-state index contributed by atoms with van der Waals surface area (Å²) in [6, 6.07) is 22.8. The van der Waals surface area contributed by atoms with E-state index in [1.165, 1.54) is 115 Å². The van der Waals surface area contributed by atoms with Gasteiger partial charge in [-0.1, -0.05) is 174 Å². The number of unbranched alkanes of at least 4 members (excludes halogenated alkanes) is 15. The van der Waals surface area contributed by atoms with Crippen molar-refractivity contribution < 1.29 is 71.4 Å². The van der Waals surface area contributed by atoms with Crippen LogP contribution in [0.5, 0.6) is 17.2 Å². The first-order valence-corrected chi connectivity index (χ1v) is 33.4. The minimum Gasteiger partial charge on any atom is -0.494 e. The number of carbonyl (C=O) groups excluding carboxylic acids is 6. The summed E-state index contributed by atoms with van der Waals surface area (Å²) >= 11 is 0. The van der Waals surface area contributed by atoms with E-state index in [0.29, 0.717) is 19.3 Å². The molecule has 0 spiro atoms. The van der Waals surface area contributed by atoms with E-state index in [4.69, 9.17) is 42.6 Å². The fourth-order valence-electron chi connectivity index (χ4n) is 7.73. The van der Waals surface area contributed by atoms with E-state index in [1.807, 2.05) is 135 Å². The zero-order valence-electron chi connectivity index (χ0n) is 57.2. The molecule has 0 heterocycles. The molecule has 3 rings (SSSR count). The molecule has 3 aromatic rings. The average Bonchev–Trinajstić information content (AvgIpc) is 3.66. The van der Waals surface area contributed by atoms with Gasteiger partial charge in [0.1, 0.15) is 56.9 Å². The van der Waals surface area contributed by atoms with Crippen molar-refractivity contribution >= 4 is 54.0 Å². The molecule has 0 aliphatic heterocycles. The predicted octanol–water partition coefficient (Wildman–Crippen LogP) is 17.9. The minimum absolute atomic E-state index is 0.0414. The molecule has 0 amide bonds. The molecule has 0 fully saturated rings. The average molecular weight is 1260 g/mol. The predicted molar refractivity (Wildman–Crippen MR) is 361 cm³/mol. The molecule has 0 N–H and O–H groups in total. The summed E-state index contributed by atoms with van der Waals surface area (Å²) in [7, 11) is 0. The molecule has 504 valence electrons. The van der Waals surface area contributed by atoms with Crippen LogP contribution in [0, 0.1) is 16.2 Å². The third-order valence-electron chi connectivity index (χ3n) is 15.2. The molecule has 0 bridgehead atoms. The van der Waals surface area contributed by atoms with Crippen LogP contribution in [0.15, 0.2) is 91.0 Å². The summed E-state index contributed by atoms with van der Waals surface area (Å²) in [5.74, 6) is 0.248. The molecule has 0 saturated heterocycles. The van der Waals surface area contributed by atoms with Gasteiger partial charge in [0.05, 0.1) is 36.1 Å². The van der Waals surface area contributed by atoms with Gasteiger partial charge in [-0.15, -0.1) is 0 Å². The zero-order chi connectivity index (χ0) is 66.7. The van der Waals surface area contributed by atoms with Crippen LogP contribution in [0.25, 0.3) is 18.2 Å². The molecule has 90 heavy (non-hydrogen) atoms. The lowest BCUT2D eigenvalue weighted by Crippen LogP contribution is -2.27. The van der Waals surface area contributed by atoms with Crippen molar-refractivity contribution in [2.75, 3.05) is 59.5 Å². The number of carbonyl (C=O) groups is 6. The number of benzene rings is 3. The zero-order valence-corrected chi connectivity index (χ0v) is 57.2. The second-order valence-corrected chi connectivity index (χ2v) is 24.2. The van der Waals surface area contributed by atoms with Gasteiger partial charge in [-0.05, 0) is 151 Å². The summed E-state index contributed by atoms with van der Waals surface area (Å²) in [6.07, 6.45) is 33.6. The minimum atomic E-state index is -0.520. The highest BCUT2D eigenvalue weighted by Gasteiger charge is 2.28. The van der Waals surface area contributed by atoms with Crippen molar-refractivity contribution in [1.82, 2.24) is 0 Å². The molecule has 15 nitrogen and oxygen atoms in total. The van der Waals surface area contributed by atoms with Crippen LogP contribution >= 0.6 is 0 Å². The molecule has 0 unspecified atom stereocenters. The number of hydrogen-bond donors (Lipinski definition) is 0. The first kappa shape index (κ1) is 81.1. The quantitative estimate of drug-likeness (QED) is 0.0225. The van der Waals surface area contributed by atoms with Crippen LogP contribution in [-0.4, -0.2) is 95.3 Å². The summed E-state index contributed by atoms with van der Waals surface area (Å²) in [5, 5.41) is 0. The number of ether oxygens (including phenoxy) is 9. The van der Waals surface area contributed by atoms with Crippen molar-refractivity contribution in [3.8, 4) is 17.2 Å². The molecule has 0 aromatic heterocycles. The molecular formula is C75H114O15. The lowest BCUT2D eigenvalue weighted by molar-refractivity contribution is -0.158. The van der Waals surface area contributed by atoms with Gasteiger partial charge >= 0.3 is 35.8 Å². The van der Waals surface area contributed by atoms with Gasteiger partial charge in [-0.3, -0.25) is 14.4 Å². The van der Waals surface area contributed by atoms with E-state index >= 15 is 0 Å². The van der Waals surface area contributed by atoms with Gasteiger partial charge in [0.2, 0.25) is 0 Å². The fourth-order valence-corrected chi connectivity index (χ4v) is 7.73. The molecule has 15 heteroatoms. The van der Waals surface area contributed by atoms with Crippen molar-refractivity contribution in [1.29, 1.82) is 0 Å². The smallest absolute Gasteiger partial charge is 0.330 e. The number of hydrogen-bond acceptors (Lipinski definition) is 15. The third-order valence-corrected chi connectivity index (χ3v) is 15.2. The summed E-state index contributed by atoms with van der Waals surface area (Å²) in [6.45, 7) is 25.9. The van der Waals surface area contributed by atoms with Crippen molar-refractivity contribution in [2.45, 2.75) is 218 Å². The van der Waals surface area contributed by atoms with Crippen LogP contribution in [0.2, 0.25) is 0 Å². The Hall–Kier alpha value is -6.90. The topological polar surface area (TPSA) is 185 Å². The Morgan fingerprint density at radius 3 is 0.722 bits per heavy atom. The van der Waals surface area contributed by atoms with Crippen molar-refractivity contribution in [2.24, 2.45) is 16.2 Å². The normalized spacial score (nSPS) is 11.5. The first-order chi connectivity index (χ1) is 43.2. The Balaban J connectivity index is 0.000000675. The second kappa shape index (κ2) is 49.8. The Kier molecular flexibility index (Phi) is 44.9.